The van der Waals surface area contributed by atoms with Crippen LogP contribution in [0.25, 0.3) is 0 Å². The lowest BCUT2D eigenvalue weighted by Gasteiger charge is -2.39. The van der Waals surface area contributed by atoms with Crippen molar-refractivity contribution in [2.45, 2.75) is 37.8 Å². The quantitative estimate of drug-likeness (QED) is 0.849. The third-order valence-corrected chi connectivity index (χ3v) is 4.91. The summed E-state index contributed by atoms with van der Waals surface area (Å²) >= 11 is 0. The fourth-order valence-corrected chi connectivity index (χ4v) is 3.47. The van der Waals surface area contributed by atoms with Crippen molar-refractivity contribution in [3.63, 3.8) is 0 Å². The summed E-state index contributed by atoms with van der Waals surface area (Å²) in [5, 5.41) is 3.02. The molecule has 0 aromatic carbocycles. The summed E-state index contributed by atoms with van der Waals surface area (Å²) in [5.41, 5.74) is -0.0246. The predicted octanol–water partition coefficient (Wildman–Crippen LogP) is 0.757. The van der Waals surface area contributed by atoms with Crippen LogP contribution in [0.15, 0.2) is 17.1 Å². The molecular weight excluding hydrogens is 310 g/mol. The van der Waals surface area contributed by atoms with Gasteiger partial charge in [-0.25, -0.2) is 0 Å². The summed E-state index contributed by atoms with van der Waals surface area (Å²) in [6.07, 6.45) is 5.49. The summed E-state index contributed by atoms with van der Waals surface area (Å²) < 4.78 is 10.3. The second-order valence-corrected chi connectivity index (χ2v) is 6.41. The third kappa shape index (κ3) is 3.96. The average Bonchev–Trinajstić information content (AvgIpc) is 2.63. The molecule has 132 valence electrons. The highest BCUT2D eigenvalue weighted by atomic mass is 16.5. The number of methoxy groups -OCH3 is 1. The highest BCUT2D eigenvalue weighted by Crippen LogP contribution is 2.20. The average molecular weight is 335 g/mol. The van der Waals surface area contributed by atoms with Crippen LogP contribution in [0.2, 0.25) is 0 Å². The lowest BCUT2D eigenvalue weighted by atomic mass is 9.99. The van der Waals surface area contributed by atoms with Crippen molar-refractivity contribution < 1.29 is 14.3 Å². The van der Waals surface area contributed by atoms with E-state index >= 15 is 0 Å². The molecule has 7 heteroatoms. The summed E-state index contributed by atoms with van der Waals surface area (Å²) in [4.78, 5) is 29.4. The van der Waals surface area contributed by atoms with Crippen LogP contribution in [0.5, 0.6) is 5.75 Å². The molecule has 2 fully saturated rings. The van der Waals surface area contributed by atoms with E-state index in [4.69, 9.17) is 9.47 Å². The van der Waals surface area contributed by atoms with Gasteiger partial charge in [-0.2, -0.15) is 0 Å². The van der Waals surface area contributed by atoms with E-state index in [0.29, 0.717) is 6.04 Å². The van der Waals surface area contributed by atoms with Crippen LogP contribution in [-0.4, -0.2) is 61.3 Å². The summed E-state index contributed by atoms with van der Waals surface area (Å²) in [7, 11) is 1.43. The highest BCUT2D eigenvalue weighted by Gasteiger charge is 2.27. The van der Waals surface area contributed by atoms with E-state index in [1.54, 1.807) is 0 Å². The van der Waals surface area contributed by atoms with E-state index in [2.05, 4.69) is 15.2 Å². The number of aromatic amines is 1. The second kappa shape index (κ2) is 7.81. The molecule has 3 rings (SSSR count). The normalized spacial score (nSPS) is 20.7. The molecule has 24 heavy (non-hydrogen) atoms. The molecule has 0 atom stereocenters. The van der Waals surface area contributed by atoms with E-state index in [0.717, 1.165) is 52.0 Å². The standard InChI is InChI=1S/C17H25N3O4/c1-23-16-11-18-14(10-15(16)21)17(22)19-12-2-6-20(7-3-12)13-4-8-24-9-5-13/h10-13H,2-9H2,1H3,(H,18,21)(H,19,22). The number of piperidine rings is 1. The van der Waals surface area contributed by atoms with E-state index in [1.165, 1.54) is 19.4 Å². The second-order valence-electron chi connectivity index (χ2n) is 6.41. The van der Waals surface area contributed by atoms with E-state index in [-0.39, 0.29) is 28.8 Å². The highest BCUT2D eigenvalue weighted by molar-refractivity contribution is 5.92. The Morgan fingerprint density at radius 1 is 1.29 bits per heavy atom. The zero-order valence-corrected chi connectivity index (χ0v) is 14.0. The number of nitrogens with one attached hydrogen (secondary N) is 2. The number of hydrogen-bond donors (Lipinski definition) is 2. The van der Waals surface area contributed by atoms with E-state index < -0.39 is 0 Å². The zero-order valence-electron chi connectivity index (χ0n) is 14.0. The molecule has 2 aliphatic heterocycles. The van der Waals surface area contributed by atoms with Crippen LogP contribution < -0.4 is 15.5 Å². The Kier molecular flexibility index (Phi) is 5.52. The number of likely N-dealkylation sites (tertiary alicyclic amines) is 1. The van der Waals surface area contributed by atoms with Crippen molar-refractivity contribution in [3.8, 4) is 5.75 Å². The Hall–Kier alpha value is -1.86. The fraction of sp³-hybridized carbons (Fsp3) is 0.647. The number of pyridine rings is 1. The SMILES string of the molecule is COc1c[nH]c(C(=O)NC2CCN(C3CCOCC3)CC2)cc1=O. The Labute approximate surface area is 141 Å². The topological polar surface area (TPSA) is 83.7 Å². The lowest BCUT2D eigenvalue weighted by molar-refractivity contribution is 0.0238. The van der Waals surface area contributed by atoms with Crippen LogP contribution in [0.3, 0.4) is 0 Å². The molecular formula is C17H25N3O4. The largest absolute Gasteiger partial charge is 0.491 e. The number of nitrogens with zero attached hydrogens (tertiary/aromatic N) is 1. The molecule has 0 aliphatic carbocycles. The maximum Gasteiger partial charge on any atom is 0.268 e. The molecule has 2 aliphatic rings. The number of H-pyrrole nitrogens is 1. The number of carbonyl (C=O) groups excluding carboxylic acids is 1. The number of amides is 1. The van der Waals surface area contributed by atoms with Crippen molar-refractivity contribution in [2.24, 2.45) is 0 Å². The van der Waals surface area contributed by atoms with Gasteiger partial charge in [-0.15, -0.1) is 0 Å². The van der Waals surface area contributed by atoms with Crippen molar-refractivity contribution in [1.29, 1.82) is 0 Å². The van der Waals surface area contributed by atoms with E-state index in [9.17, 15) is 9.59 Å². The first kappa shape index (κ1) is 17.0. The third-order valence-electron chi connectivity index (χ3n) is 4.91. The molecule has 2 saturated heterocycles. The summed E-state index contributed by atoms with van der Waals surface area (Å²) in [6.45, 7) is 3.70. The Bertz CT molecular complexity index is 617. The Morgan fingerprint density at radius 2 is 2.00 bits per heavy atom. The first-order valence-corrected chi connectivity index (χ1v) is 8.56. The van der Waals surface area contributed by atoms with Gasteiger partial charge in [0.05, 0.1) is 7.11 Å². The molecule has 0 radical (unpaired) electrons. The number of rotatable bonds is 4. The maximum absolute atomic E-state index is 12.3. The van der Waals surface area contributed by atoms with Gasteiger partial charge in [-0.3, -0.25) is 9.59 Å². The van der Waals surface area contributed by atoms with Crippen molar-refractivity contribution >= 4 is 5.91 Å². The molecule has 3 heterocycles. The predicted molar refractivity (Wildman–Crippen MR) is 89.5 cm³/mol. The van der Waals surface area contributed by atoms with Gasteiger partial charge >= 0.3 is 0 Å². The maximum atomic E-state index is 12.3. The molecule has 0 unspecified atom stereocenters. The molecule has 0 saturated carbocycles. The summed E-state index contributed by atoms with van der Waals surface area (Å²) in [6, 6.07) is 2.05. The lowest BCUT2D eigenvalue weighted by Crippen LogP contribution is -2.49. The fourth-order valence-electron chi connectivity index (χ4n) is 3.47. The van der Waals surface area contributed by atoms with Crippen molar-refractivity contribution in [3.05, 3.63) is 28.2 Å². The molecule has 2 N–H and O–H groups in total. The summed E-state index contributed by atoms with van der Waals surface area (Å²) in [5.74, 6) is -0.0319. The molecule has 0 bridgehead atoms. The van der Waals surface area contributed by atoms with Crippen LogP contribution in [0.1, 0.15) is 36.2 Å². The number of hydrogen-bond acceptors (Lipinski definition) is 5. The molecule has 0 spiro atoms. The van der Waals surface area contributed by atoms with Crippen LogP contribution in [0, 0.1) is 0 Å². The van der Waals surface area contributed by atoms with Gasteiger partial charge in [0.25, 0.3) is 5.91 Å². The van der Waals surface area contributed by atoms with Crippen LogP contribution >= 0.6 is 0 Å². The van der Waals surface area contributed by atoms with Crippen LogP contribution in [-0.2, 0) is 4.74 Å². The number of carbonyl (C=O) groups is 1. The minimum Gasteiger partial charge on any atom is -0.491 e. The molecule has 1 aromatic rings. The smallest absolute Gasteiger partial charge is 0.268 e. The van der Waals surface area contributed by atoms with Gasteiger partial charge in [0.15, 0.2) is 5.75 Å². The molecule has 1 amide bonds. The van der Waals surface area contributed by atoms with Gasteiger partial charge in [0.1, 0.15) is 5.69 Å². The van der Waals surface area contributed by atoms with Gasteiger partial charge in [-0.1, -0.05) is 0 Å². The van der Waals surface area contributed by atoms with E-state index in [1.807, 2.05) is 0 Å². The first-order chi connectivity index (χ1) is 11.7. The Balaban J connectivity index is 1.51. The number of ether oxygens (including phenoxy) is 2. The minimum atomic E-state index is -0.296. The Morgan fingerprint density at radius 3 is 2.62 bits per heavy atom. The van der Waals surface area contributed by atoms with Gasteiger partial charge in [-0.05, 0) is 25.7 Å². The molecule has 7 nitrogen and oxygen atoms in total. The minimum absolute atomic E-state index is 0.152. The first-order valence-electron chi connectivity index (χ1n) is 8.56. The number of aromatic nitrogens is 1. The van der Waals surface area contributed by atoms with Gasteiger partial charge in [0, 0.05) is 50.7 Å². The molecule has 1 aromatic heterocycles. The van der Waals surface area contributed by atoms with Gasteiger partial charge < -0.3 is 24.7 Å². The van der Waals surface area contributed by atoms with Crippen LogP contribution in [0.4, 0.5) is 0 Å². The van der Waals surface area contributed by atoms with Crippen molar-refractivity contribution in [2.75, 3.05) is 33.4 Å². The monoisotopic (exact) mass is 335 g/mol. The van der Waals surface area contributed by atoms with Gasteiger partial charge in [0.2, 0.25) is 5.43 Å². The van der Waals surface area contributed by atoms with Crippen molar-refractivity contribution in [1.82, 2.24) is 15.2 Å². The zero-order chi connectivity index (χ0) is 16.9.